The largest absolute Gasteiger partial charge is 0.493 e. The third kappa shape index (κ3) is 4.04. The summed E-state index contributed by atoms with van der Waals surface area (Å²) in [7, 11) is 3.18. The average molecular weight is 424 g/mol. The molecule has 0 aliphatic carbocycles. The Balaban J connectivity index is 1.51. The zero-order valence-corrected chi connectivity index (χ0v) is 17.6. The van der Waals surface area contributed by atoms with Gasteiger partial charge in [0.2, 0.25) is 5.91 Å². The Bertz CT molecular complexity index is 1090. The van der Waals surface area contributed by atoms with Crippen LogP contribution >= 0.6 is 11.6 Å². The predicted octanol–water partition coefficient (Wildman–Crippen LogP) is 4.35. The van der Waals surface area contributed by atoms with Gasteiger partial charge in [-0.3, -0.25) is 9.89 Å². The average Bonchev–Trinajstić information content (AvgIpc) is 3.21. The highest BCUT2D eigenvalue weighted by atomic mass is 35.5. The van der Waals surface area contributed by atoms with E-state index in [4.69, 9.17) is 21.1 Å². The molecule has 1 aliphatic rings. The number of carbonyl (C=O) groups excluding carboxylic acids is 1. The van der Waals surface area contributed by atoms with Gasteiger partial charge in [-0.05, 0) is 35.9 Å². The van der Waals surface area contributed by atoms with E-state index in [1.165, 1.54) is 0 Å². The van der Waals surface area contributed by atoms with E-state index in [1.54, 1.807) is 26.4 Å². The Morgan fingerprint density at radius 1 is 1.13 bits per heavy atom. The molecule has 0 radical (unpaired) electrons. The molecule has 7 heteroatoms. The van der Waals surface area contributed by atoms with Crippen LogP contribution in [-0.4, -0.2) is 41.8 Å². The van der Waals surface area contributed by atoms with Crippen LogP contribution in [0.2, 0.25) is 5.02 Å². The second-order valence-electron chi connectivity index (χ2n) is 6.99. The lowest BCUT2D eigenvalue weighted by molar-refractivity contribution is -0.126. The molecular weight excluding hydrogens is 402 g/mol. The quantitative estimate of drug-likeness (QED) is 0.619. The molecule has 1 aliphatic heterocycles. The standard InChI is InChI=1S/C23H22ClN3O3/c1-29-20-9-3-15(13-21(20)30-2)4-10-22(28)27-12-11-19-18(14-27)23(26-25-19)16-5-7-17(24)8-6-16/h3-10,13H,11-12,14H2,1-2H3,(H,25,26)/b10-4+. The highest BCUT2D eigenvalue weighted by molar-refractivity contribution is 6.30. The second-order valence-corrected chi connectivity index (χ2v) is 7.43. The minimum absolute atomic E-state index is 0.0429. The van der Waals surface area contributed by atoms with Gasteiger partial charge in [0, 0.05) is 47.4 Å². The van der Waals surface area contributed by atoms with E-state index in [0.29, 0.717) is 29.6 Å². The van der Waals surface area contributed by atoms with Crippen LogP contribution in [0.15, 0.2) is 48.5 Å². The number of benzene rings is 2. The van der Waals surface area contributed by atoms with Gasteiger partial charge < -0.3 is 14.4 Å². The molecule has 1 amide bonds. The van der Waals surface area contributed by atoms with Crippen LogP contribution < -0.4 is 9.47 Å². The topological polar surface area (TPSA) is 67.5 Å². The Kier molecular flexibility index (Phi) is 5.77. The van der Waals surface area contributed by atoms with Crippen molar-refractivity contribution in [3.05, 3.63) is 70.4 Å². The summed E-state index contributed by atoms with van der Waals surface area (Å²) in [6, 6.07) is 13.1. The number of carbonyl (C=O) groups is 1. The summed E-state index contributed by atoms with van der Waals surface area (Å²) >= 11 is 6.00. The molecule has 0 saturated carbocycles. The molecule has 4 rings (SSSR count). The Labute approximate surface area is 180 Å². The number of nitrogens with one attached hydrogen (secondary N) is 1. The first-order chi connectivity index (χ1) is 14.6. The number of H-pyrrole nitrogens is 1. The van der Waals surface area contributed by atoms with Gasteiger partial charge in [0.05, 0.1) is 19.9 Å². The molecule has 0 fully saturated rings. The van der Waals surface area contributed by atoms with E-state index in [-0.39, 0.29) is 5.91 Å². The van der Waals surface area contributed by atoms with Gasteiger partial charge in [-0.1, -0.05) is 29.8 Å². The fourth-order valence-corrected chi connectivity index (χ4v) is 3.69. The number of amides is 1. The van der Waals surface area contributed by atoms with Crippen LogP contribution in [0.1, 0.15) is 16.8 Å². The first kappa shape index (κ1) is 20.0. The fraction of sp³-hybridized carbons (Fsp3) is 0.217. The van der Waals surface area contributed by atoms with Crippen molar-refractivity contribution in [3.8, 4) is 22.8 Å². The van der Waals surface area contributed by atoms with E-state index >= 15 is 0 Å². The smallest absolute Gasteiger partial charge is 0.246 e. The molecule has 6 nitrogen and oxygen atoms in total. The van der Waals surface area contributed by atoms with E-state index in [1.807, 2.05) is 47.4 Å². The van der Waals surface area contributed by atoms with Crippen molar-refractivity contribution in [2.45, 2.75) is 13.0 Å². The number of ether oxygens (including phenoxy) is 2. The molecule has 0 atom stereocenters. The maximum atomic E-state index is 12.8. The second kappa shape index (κ2) is 8.63. The third-order valence-electron chi connectivity index (χ3n) is 5.19. The highest BCUT2D eigenvalue weighted by Gasteiger charge is 2.24. The van der Waals surface area contributed by atoms with Crippen LogP contribution in [0, 0.1) is 0 Å². The minimum atomic E-state index is -0.0429. The van der Waals surface area contributed by atoms with Gasteiger partial charge in [-0.25, -0.2) is 0 Å². The summed E-state index contributed by atoms with van der Waals surface area (Å²) < 4.78 is 10.6. The van der Waals surface area contributed by atoms with Crippen LogP contribution in [0.25, 0.3) is 17.3 Å². The van der Waals surface area contributed by atoms with Crippen molar-refractivity contribution in [2.24, 2.45) is 0 Å². The molecule has 0 saturated heterocycles. The van der Waals surface area contributed by atoms with Crippen molar-refractivity contribution in [2.75, 3.05) is 20.8 Å². The Morgan fingerprint density at radius 3 is 2.63 bits per heavy atom. The van der Waals surface area contributed by atoms with Gasteiger partial charge in [-0.15, -0.1) is 0 Å². The number of rotatable bonds is 5. The lowest BCUT2D eigenvalue weighted by atomic mass is 10.0. The van der Waals surface area contributed by atoms with Gasteiger partial charge in [0.15, 0.2) is 11.5 Å². The lowest BCUT2D eigenvalue weighted by Crippen LogP contribution is -2.34. The van der Waals surface area contributed by atoms with E-state index in [0.717, 1.165) is 34.5 Å². The minimum Gasteiger partial charge on any atom is -0.493 e. The first-order valence-electron chi connectivity index (χ1n) is 9.60. The Hall–Kier alpha value is -3.25. The SMILES string of the molecule is COc1ccc(/C=C/C(=O)N2CCc3[nH]nc(-c4ccc(Cl)cc4)c3C2)cc1OC. The molecule has 2 heterocycles. The van der Waals surface area contributed by atoms with Crippen LogP contribution in [0.4, 0.5) is 0 Å². The zero-order valence-electron chi connectivity index (χ0n) is 16.8. The number of aromatic nitrogens is 2. The number of nitrogens with zero attached hydrogens (tertiary/aromatic N) is 2. The van der Waals surface area contributed by atoms with Crippen molar-refractivity contribution < 1.29 is 14.3 Å². The Morgan fingerprint density at radius 2 is 1.90 bits per heavy atom. The third-order valence-corrected chi connectivity index (χ3v) is 5.44. The molecular formula is C23H22ClN3O3. The molecule has 0 unspecified atom stereocenters. The molecule has 30 heavy (non-hydrogen) atoms. The molecule has 1 N–H and O–H groups in total. The van der Waals surface area contributed by atoms with E-state index in [9.17, 15) is 4.79 Å². The monoisotopic (exact) mass is 423 g/mol. The van der Waals surface area contributed by atoms with Gasteiger partial charge >= 0.3 is 0 Å². The van der Waals surface area contributed by atoms with Gasteiger partial charge in [0.1, 0.15) is 0 Å². The molecule has 0 spiro atoms. The van der Waals surface area contributed by atoms with E-state index < -0.39 is 0 Å². The van der Waals surface area contributed by atoms with E-state index in [2.05, 4.69) is 10.2 Å². The maximum Gasteiger partial charge on any atom is 0.246 e. The fourth-order valence-electron chi connectivity index (χ4n) is 3.56. The molecule has 154 valence electrons. The molecule has 3 aromatic rings. The summed E-state index contributed by atoms with van der Waals surface area (Å²) in [4.78, 5) is 14.6. The summed E-state index contributed by atoms with van der Waals surface area (Å²) in [5.41, 5.74) is 4.84. The van der Waals surface area contributed by atoms with Crippen molar-refractivity contribution in [1.29, 1.82) is 0 Å². The maximum absolute atomic E-state index is 12.8. The lowest BCUT2D eigenvalue weighted by Gasteiger charge is -2.26. The molecule has 1 aromatic heterocycles. The van der Waals surface area contributed by atoms with Crippen LogP contribution in [0.3, 0.4) is 0 Å². The number of fused-ring (bicyclic) bond motifs is 1. The van der Waals surface area contributed by atoms with Gasteiger partial charge in [0.25, 0.3) is 0 Å². The first-order valence-corrected chi connectivity index (χ1v) is 9.98. The van der Waals surface area contributed by atoms with Crippen LogP contribution in [0.5, 0.6) is 11.5 Å². The highest BCUT2D eigenvalue weighted by Crippen LogP contribution is 2.30. The number of hydrogen-bond donors (Lipinski definition) is 1. The normalized spacial score (nSPS) is 13.4. The summed E-state index contributed by atoms with van der Waals surface area (Å²) in [5.74, 6) is 1.23. The van der Waals surface area contributed by atoms with Crippen molar-refractivity contribution >= 4 is 23.6 Å². The number of aromatic amines is 1. The van der Waals surface area contributed by atoms with Gasteiger partial charge in [-0.2, -0.15) is 5.10 Å². The zero-order chi connectivity index (χ0) is 21.1. The number of hydrogen-bond acceptors (Lipinski definition) is 4. The van der Waals surface area contributed by atoms with Crippen LogP contribution in [-0.2, 0) is 17.8 Å². The number of methoxy groups -OCH3 is 2. The number of halogens is 1. The van der Waals surface area contributed by atoms with Crippen molar-refractivity contribution in [3.63, 3.8) is 0 Å². The summed E-state index contributed by atoms with van der Waals surface area (Å²) in [5, 5.41) is 8.27. The summed E-state index contributed by atoms with van der Waals surface area (Å²) in [6.45, 7) is 1.16. The molecule has 0 bridgehead atoms. The van der Waals surface area contributed by atoms with Crippen molar-refractivity contribution in [1.82, 2.24) is 15.1 Å². The molecule has 2 aromatic carbocycles. The summed E-state index contributed by atoms with van der Waals surface area (Å²) in [6.07, 6.45) is 4.12. The predicted molar refractivity (Wildman–Crippen MR) is 117 cm³/mol.